The molecule has 1 aliphatic rings. The van der Waals surface area contributed by atoms with Crippen molar-refractivity contribution in [2.24, 2.45) is 0 Å². The first-order valence-corrected chi connectivity index (χ1v) is 9.20. The van der Waals surface area contributed by atoms with Gasteiger partial charge in [0.1, 0.15) is 10.0 Å². The van der Waals surface area contributed by atoms with Crippen molar-refractivity contribution in [2.45, 2.75) is 18.5 Å². The van der Waals surface area contributed by atoms with Crippen molar-refractivity contribution in [1.29, 1.82) is 0 Å². The monoisotopic (exact) mass is 393 g/mol. The lowest BCUT2D eigenvalue weighted by atomic mass is 10.1. The van der Waals surface area contributed by atoms with Crippen LogP contribution in [0.2, 0.25) is 9.36 Å². The maximum absolute atomic E-state index is 12.6. The van der Waals surface area contributed by atoms with Gasteiger partial charge in [0.25, 0.3) is 5.91 Å². The Labute approximate surface area is 157 Å². The number of aromatic nitrogens is 1. The van der Waals surface area contributed by atoms with Crippen LogP contribution in [0.3, 0.4) is 0 Å². The predicted octanol–water partition coefficient (Wildman–Crippen LogP) is 3.68. The van der Waals surface area contributed by atoms with E-state index >= 15 is 0 Å². The fourth-order valence-electron chi connectivity index (χ4n) is 3.30. The average molecular weight is 394 g/mol. The van der Waals surface area contributed by atoms with E-state index in [2.05, 4.69) is 15.6 Å². The molecule has 2 heterocycles. The number of carbonyl (C=O) groups is 2. The summed E-state index contributed by atoms with van der Waals surface area (Å²) in [6.07, 6.45) is 1.33. The molecule has 1 aliphatic carbocycles. The normalized spacial score (nSPS) is 19.0. The molecule has 0 aliphatic heterocycles. The van der Waals surface area contributed by atoms with Gasteiger partial charge in [-0.25, -0.2) is 0 Å². The van der Waals surface area contributed by atoms with E-state index in [0.29, 0.717) is 33.4 Å². The minimum atomic E-state index is -0.244. The molecular formula is C17H13Cl2N3O2S. The van der Waals surface area contributed by atoms with E-state index in [4.69, 9.17) is 23.2 Å². The summed E-state index contributed by atoms with van der Waals surface area (Å²) in [5.74, 6) is -0.244. The first-order valence-electron chi connectivity index (χ1n) is 7.63. The lowest BCUT2D eigenvalue weighted by Gasteiger charge is -2.20. The number of fused-ring (bicyclic) bond motifs is 2. The highest BCUT2D eigenvalue weighted by atomic mass is 35.5. The molecule has 3 aromatic rings. The summed E-state index contributed by atoms with van der Waals surface area (Å²) in [5, 5.41) is 6.23. The van der Waals surface area contributed by atoms with Crippen LogP contribution in [0.4, 0.5) is 0 Å². The van der Waals surface area contributed by atoms with Gasteiger partial charge in [-0.2, -0.15) is 0 Å². The Hall–Kier alpha value is -2.02. The molecule has 0 radical (unpaired) electrons. The van der Waals surface area contributed by atoms with E-state index in [1.807, 2.05) is 24.3 Å². The second-order valence-electron chi connectivity index (χ2n) is 5.86. The van der Waals surface area contributed by atoms with Gasteiger partial charge < -0.3 is 15.6 Å². The first kappa shape index (κ1) is 16.4. The average Bonchev–Trinajstić information content (AvgIpc) is 3.23. The Kier molecular flexibility index (Phi) is 4.19. The van der Waals surface area contributed by atoms with Gasteiger partial charge in [0, 0.05) is 0 Å². The third kappa shape index (κ3) is 2.80. The largest absolute Gasteiger partial charge is 0.350 e. The highest BCUT2D eigenvalue weighted by molar-refractivity contribution is 7.23. The maximum atomic E-state index is 12.6. The molecule has 0 bridgehead atoms. The molecule has 2 aromatic heterocycles. The third-order valence-electron chi connectivity index (χ3n) is 4.41. The summed E-state index contributed by atoms with van der Waals surface area (Å²) < 4.78 is 1.33. The SMILES string of the molecule is O=CN[C@@H]1c2ccccc2C[C@H]1NC(=O)c1cc2sc(Cl)c(Cl)c2[nH]1. The van der Waals surface area contributed by atoms with E-state index in [9.17, 15) is 9.59 Å². The van der Waals surface area contributed by atoms with E-state index in [0.717, 1.165) is 15.8 Å². The van der Waals surface area contributed by atoms with Crippen LogP contribution in [0.5, 0.6) is 0 Å². The summed E-state index contributed by atoms with van der Waals surface area (Å²) >= 11 is 13.4. The molecule has 3 N–H and O–H groups in total. The molecule has 0 spiro atoms. The van der Waals surface area contributed by atoms with E-state index < -0.39 is 0 Å². The highest BCUT2D eigenvalue weighted by Gasteiger charge is 2.33. The molecule has 0 saturated heterocycles. The van der Waals surface area contributed by atoms with Crippen molar-refractivity contribution >= 4 is 57.1 Å². The standard InChI is InChI=1S/C17H13Cl2N3O2S/c18-13-15-12(25-16(13)19)6-11(21-15)17(24)22-10-5-8-3-1-2-4-9(8)14(10)20-7-23/h1-4,6-7,10,14,21H,5H2,(H,20,23)(H,22,24)/t10-,14-/m1/s1. The van der Waals surface area contributed by atoms with Gasteiger partial charge in [0.2, 0.25) is 6.41 Å². The second-order valence-corrected chi connectivity index (χ2v) is 7.89. The molecule has 0 saturated carbocycles. The summed E-state index contributed by atoms with van der Waals surface area (Å²) in [6, 6.07) is 9.13. The number of hydrogen-bond acceptors (Lipinski definition) is 3. The summed E-state index contributed by atoms with van der Waals surface area (Å²) in [5.41, 5.74) is 3.23. The third-order valence-corrected chi connectivity index (χ3v) is 6.35. The van der Waals surface area contributed by atoms with Crippen molar-refractivity contribution in [2.75, 3.05) is 0 Å². The molecule has 5 nitrogen and oxygen atoms in total. The number of carbonyl (C=O) groups excluding carboxylic acids is 2. The zero-order chi connectivity index (χ0) is 17.6. The van der Waals surface area contributed by atoms with Crippen LogP contribution in [0, 0.1) is 0 Å². The molecular weight excluding hydrogens is 381 g/mol. The van der Waals surface area contributed by atoms with Crippen molar-refractivity contribution in [3.63, 3.8) is 0 Å². The van der Waals surface area contributed by atoms with Crippen LogP contribution in [0.15, 0.2) is 30.3 Å². The number of hydrogen-bond donors (Lipinski definition) is 3. The van der Waals surface area contributed by atoms with Crippen LogP contribution in [0.1, 0.15) is 27.7 Å². The number of thiophene rings is 1. The number of aromatic amines is 1. The number of nitrogens with one attached hydrogen (secondary N) is 3. The number of rotatable bonds is 4. The van der Waals surface area contributed by atoms with Crippen LogP contribution in [-0.4, -0.2) is 23.3 Å². The van der Waals surface area contributed by atoms with Crippen molar-refractivity contribution in [3.05, 3.63) is 56.5 Å². The molecule has 0 fully saturated rings. The molecule has 128 valence electrons. The van der Waals surface area contributed by atoms with Crippen molar-refractivity contribution in [3.8, 4) is 0 Å². The van der Waals surface area contributed by atoms with Gasteiger partial charge in [0.05, 0.1) is 27.3 Å². The highest BCUT2D eigenvalue weighted by Crippen LogP contribution is 2.39. The zero-order valence-corrected chi connectivity index (χ0v) is 15.1. The van der Waals surface area contributed by atoms with E-state index in [1.54, 1.807) is 6.07 Å². The Morgan fingerprint density at radius 2 is 2.12 bits per heavy atom. The Bertz CT molecular complexity index is 982. The lowest BCUT2D eigenvalue weighted by molar-refractivity contribution is -0.110. The molecule has 0 unspecified atom stereocenters. The van der Waals surface area contributed by atoms with Gasteiger partial charge in [0.15, 0.2) is 0 Å². The van der Waals surface area contributed by atoms with Gasteiger partial charge in [-0.1, -0.05) is 47.5 Å². The number of H-pyrrole nitrogens is 1. The van der Waals surface area contributed by atoms with Crippen molar-refractivity contribution in [1.82, 2.24) is 15.6 Å². The van der Waals surface area contributed by atoms with Crippen LogP contribution >= 0.6 is 34.5 Å². The first-order chi connectivity index (χ1) is 12.1. The minimum Gasteiger partial charge on any atom is -0.350 e. The van der Waals surface area contributed by atoms with Crippen LogP contribution < -0.4 is 10.6 Å². The molecule has 1 aromatic carbocycles. The Morgan fingerprint density at radius 1 is 1.32 bits per heavy atom. The zero-order valence-electron chi connectivity index (χ0n) is 12.8. The fourth-order valence-corrected chi connectivity index (χ4v) is 4.78. The molecule has 8 heteroatoms. The van der Waals surface area contributed by atoms with E-state index in [1.165, 1.54) is 11.3 Å². The van der Waals surface area contributed by atoms with Gasteiger partial charge in [-0.3, -0.25) is 9.59 Å². The number of halogens is 2. The molecule has 4 rings (SSSR count). The van der Waals surface area contributed by atoms with Gasteiger partial charge in [-0.15, -0.1) is 11.3 Å². The number of amides is 2. The smallest absolute Gasteiger partial charge is 0.268 e. The Morgan fingerprint density at radius 3 is 2.88 bits per heavy atom. The van der Waals surface area contributed by atoms with E-state index in [-0.39, 0.29) is 18.0 Å². The second kappa shape index (κ2) is 6.37. The van der Waals surface area contributed by atoms with Crippen LogP contribution in [-0.2, 0) is 11.2 Å². The van der Waals surface area contributed by atoms with Gasteiger partial charge >= 0.3 is 0 Å². The molecule has 2 atom stereocenters. The maximum Gasteiger partial charge on any atom is 0.268 e. The summed E-state index contributed by atoms with van der Waals surface area (Å²) in [6.45, 7) is 0. The fraction of sp³-hybridized carbons (Fsp3) is 0.176. The lowest BCUT2D eigenvalue weighted by Crippen LogP contribution is -2.42. The quantitative estimate of drug-likeness (QED) is 0.591. The molecule has 25 heavy (non-hydrogen) atoms. The number of benzene rings is 1. The molecule has 2 amide bonds. The Balaban J connectivity index is 1.58. The van der Waals surface area contributed by atoms with Gasteiger partial charge in [-0.05, 0) is 23.6 Å². The minimum absolute atomic E-state index is 0.213. The summed E-state index contributed by atoms with van der Waals surface area (Å²) in [4.78, 5) is 26.6. The van der Waals surface area contributed by atoms with Crippen molar-refractivity contribution < 1.29 is 9.59 Å². The predicted molar refractivity (Wildman–Crippen MR) is 99.5 cm³/mol. The summed E-state index contributed by atoms with van der Waals surface area (Å²) in [7, 11) is 0. The van der Waals surface area contributed by atoms with Crippen LogP contribution in [0.25, 0.3) is 10.2 Å². The topological polar surface area (TPSA) is 74.0 Å².